The van der Waals surface area contributed by atoms with Crippen molar-refractivity contribution in [3.05, 3.63) is 53.6 Å². The number of hydrogen-bond acceptors (Lipinski definition) is 3. The summed E-state index contributed by atoms with van der Waals surface area (Å²) in [5.41, 5.74) is -0.849. The van der Waals surface area contributed by atoms with Crippen LogP contribution in [0, 0.1) is 5.82 Å². The van der Waals surface area contributed by atoms with Crippen molar-refractivity contribution in [1.82, 2.24) is 9.97 Å². The maximum atomic E-state index is 13.1. The molecule has 2 rings (SSSR count). The van der Waals surface area contributed by atoms with E-state index in [0.29, 0.717) is 6.07 Å². The fraction of sp³-hybridized carbons (Fsp3) is 0.167. The summed E-state index contributed by atoms with van der Waals surface area (Å²) in [7, 11) is 0. The lowest BCUT2D eigenvalue weighted by Gasteiger charge is -2.10. The molecular weight excluding hydrogens is 262 g/mol. The highest BCUT2D eigenvalue weighted by atomic mass is 19.4. The van der Waals surface area contributed by atoms with E-state index in [-0.39, 0.29) is 18.1 Å². The lowest BCUT2D eigenvalue weighted by Crippen LogP contribution is -2.08. The van der Waals surface area contributed by atoms with Crippen molar-refractivity contribution < 1.29 is 17.6 Å². The van der Waals surface area contributed by atoms with Gasteiger partial charge in [0.15, 0.2) is 0 Å². The van der Waals surface area contributed by atoms with Crippen LogP contribution in [0.1, 0.15) is 11.1 Å². The number of alkyl halides is 3. The van der Waals surface area contributed by atoms with E-state index in [1.165, 1.54) is 12.4 Å². The number of anilines is 1. The monoisotopic (exact) mass is 271 g/mol. The van der Waals surface area contributed by atoms with Gasteiger partial charge in [-0.15, -0.1) is 0 Å². The third kappa shape index (κ3) is 3.64. The fourth-order valence-corrected chi connectivity index (χ4v) is 1.49. The number of halogens is 4. The van der Waals surface area contributed by atoms with E-state index in [1.807, 2.05) is 0 Å². The topological polar surface area (TPSA) is 37.8 Å². The molecule has 1 heterocycles. The molecule has 2 aromatic rings. The highest BCUT2D eigenvalue weighted by Gasteiger charge is 2.31. The predicted molar refractivity (Wildman–Crippen MR) is 60.8 cm³/mol. The lowest BCUT2D eigenvalue weighted by atomic mass is 10.1. The van der Waals surface area contributed by atoms with Crippen LogP contribution in [-0.2, 0) is 12.7 Å². The molecule has 0 spiro atoms. The van der Waals surface area contributed by atoms with Crippen LogP contribution in [0.15, 0.2) is 36.7 Å². The molecule has 1 aromatic heterocycles. The molecule has 0 aliphatic rings. The average molecular weight is 271 g/mol. The van der Waals surface area contributed by atoms with Gasteiger partial charge in [-0.25, -0.2) is 14.4 Å². The highest BCUT2D eigenvalue weighted by Crippen LogP contribution is 2.30. The first kappa shape index (κ1) is 13.3. The average Bonchev–Trinajstić information content (AvgIpc) is 2.36. The van der Waals surface area contributed by atoms with Crippen molar-refractivity contribution in [3.8, 4) is 0 Å². The van der Waals surface area contributed by atoms with E-state index < -0.39 is 17.6 Å². The first-order chi connectivity index (χ1) is 8.95. The summed E-state index contributed by atoms with van der Waals surface area (Å²) in [6.07, 6.45) is -1.59. The smallest absolute Gasteiger partial charge is 0.350 e. The minimum atomic E-state index is -4.57. The largest absolute Gasteiger partial charge is 0.416 e. The van der Waals surface area contributed by atoms with Crippen molar-refractivity contribution >= 4 is 5.95 Å². The quantitative estimate of drug-likeness (QED) is 0.871. The van der Waals surface area contributed by atoms with E-state index in [4.69, 9.17) is 0 Å². The maximum Gasteiger partial charge on any atom is 0.416 e. The molecule has 100 valence electrons. The normalized spacial score (nSPS) is 11.4. The Morgan fingerprint density at radius 3 is 2.37 bits per heavy atom. The molecular formula is C12H9F4N3. The third-order valence-electron chi connectivity index (χ3n) is 2.30. The second-order valence-electron chi connectivity index (χ2n) is 3.77. The Bertz CT molecular complexity index is 555. The van der Waals surface area contributed by atoms with Gasteiger partial charge in [0.25, 0.3) is 0 Å². The van der Waals surface area contributed by atoms with Gasteiger partial charge in [-0.1, -0.05) is 0 Å². The number of rotatable bonds is 3. The van der Waals surface area contributed by atoms with Crippen LogP contribution in [0.2, 0.25) is 0 Å². The molecule has 3 nitrogen and oxygen atoms in total. The minimum absolute atomic E-state index is 0.00481. The summed E-state index contributed by atoms with van der Waals surface area (Å²) in [5.74, 6) is -0.666. The van der Waals surface area contributed by atoms with Gasteiger partial charge in [-0.05, 0) is 29.8 Å². The number of hydrogen-bond donors (Lipinski definition) is 1. The summed E-state index contributed by atoms with van der Waals surface area (Å²) in [6.45, 7) is 0.00481. The lowest BCUT2D eigenvalue weighted by molar-refractivity contribution is -0.137. The van der Waals surface area contributed by atoms with Crippen molar-refractivity contribution in [2.24, 2.45) is 0 Å². The molecule has 1 aromatic carbocycles. The van der Waals surface area contributed by atoms with Crippen LogP contribution in [-0.4, -0.2) is 9.97 Å². The van der Waals surface area contributed by atoms with Crippen molar-refractivity contribution in [2.45, 2.75) is 12.7 Å². The molecule has 0 saturated carbocycles. The Balaban J connectivity index is 2.15. The molecule has 0 aliphatic heterocycles. The number of aromatic nitrogens is 2. The molecule has 0 radical (unpaired) electrons. The van der Waals surface area contributed by atoms with Gasteiger partial charge in [-0.2, -0.15) is 13.2 Å². The first-order valence-corrected chi connectivity index (χ1v) is 5.33. The van der Waals surface area contributed by atoms with Gasteiger partial charge in [0.2, 0.25) is 5.95 Å². The van der Waals surface area contributed by atoms with Crippen LogP contribution in [0.3, 0.4) is 0 Å². The minimum Gasteiger partial charge on any atom is -0.350 e. The molecule has 0 aliphatic carbocycles. The van der Waals surface area contributed by atoms with Gasteiger partial charge < -0.3 is 5.32 Å². The Kier molecular flexibility index (Phi) is 3.64. The van der Waals surface area contributed by atoms with E-state index >= 15 is 0 Å². The SMILES string of the molecule is Fc1cc(CNc2ncccn2)cc(C(F)(F)F)c1. The summed E-state index contributed by atoms with van der Waals surface area (Å²) in [6, 6.07) is 3.99. The van der Waals surface area contributed by atoms with Crippen molar-refractivity contribution in [2.75, 3.05) is 5.32 Å². The molecule has 0 fully saturated rings. The molecule has 0 atom stereocenters. The number of nitrogens with zero attached hydrogens (tertiary/aromatic N) is 2. The van der Waals surface area contributed by atoms with E-state index in [1.54, 1.807) is 6.07 Å². The van der Waals surface area contributed by atoms with Crippen LogP contribution >= 0.6 is 0 Å². The molecule has 7 heteroatoms. The van der Waals surface area contributed by atoms with E-state index in [0.717, 1.165) is 12.1 Å². The Morgan fingerprint density at radius 1 is 1.05 bits per heavy atom. The van der Waals surface area contributed by atoms with Gasteiger partial charge in [-0.3, -0.25) is 0 Å². The molecule has 0 bridgehead atoms. The zero-order valence-corrected chi connectivity index (χ0v) is 9.58. The van der Waals surface area contributed by atoms with Gasteiger partial charge in [0, 0.05) is 18.9 Å². The van der Waals surface area contributed by atoms with Crippen molar-refractivity contribution in [1.29, 1.82) is 0 Å². The van der Waals surface area contributed by atoms with Gasteiger partial charge >= 0.3 is 6.18 Å². The van der Waals surface area contributed by atoms with Gasteiger partial charge in [0.05, 0.1) is 5.56 Å². The Hall–Kier alpha value is -2.18. The van der Waals surface area contributed by atoms with Crippen LogP contribution in [0.5, 0.6) is 0 Å². The molecule has 0 unspecified atom stereocenters. The third-order valence-corrected chi connectivity index (χ3v) is 2.30. The van der Waals surface area contributed by atoms with Crippen LogP contribution in [0.25, 0.3) is 0 Å². The Morgan fingerprint density at radius 2 is 1.74 bits per heavy atom. The predicted octanol–water partition coefficient (Wildman–Crippen LogP) is 3.25. The fourth-order valence-electron chi connectivity index (χ4n) is 1.49. The molecule has 0 amide bonds. The molecule has 1 N–H and O–H groups in total. The summed E-state index contributed by atoms with van der Waals surface area (Å²) in [4.78, 5) is 7.70. The second-order valence-corrected chi connectivity index (χ2v) is 3.77. The van der Waals surface area contributed by atoms with E-state index in [2.05, 4.69) is 15.3 Å². The molecule has 0 saturated heterocycles. The second kappa shape index (κ2) is 5.21. The number of benzene rings is 1. The maximum absolute atomic E-state index is 13.1. The zero-order valence-electron chi connectivity index (χ0n) is 9.58. The summed E-state index contributed by atoms with van der Waals surface area (Å²) < 4.78 is 50.6. The summed E-state index contributed by atoms with van der Waals surface area (Å²) >= 11 is 0. The van der Waals surface area contributed by atoms with E-state index in [9.17, 15) is 17.6 Å². The summed E-state index contributed by atoms with van der Waals surface area (Å²) in [5, 5.41) is 2.71. The van der Waals surface area contributed by atoms with Crippen molar-refractivity contribution in [3.63, 3.8) is 0 Å². The Labute approximate surface area is 106 Å². The van der Waals surface area contributed by atoms with Crippen LogP contribution in [0.4, 0.5) is 23.5 Å². The zero-order chi connectivity index (χ0) is 13.9. The molecule has 19 heavy (non-hydrogen) atoms. The van der Waals surface area contributed by atoms with Crippen LogP contribution < -0.4 is 5.32 Å². The van der Waals surface area contributed by atoms with Gasteiger partial charge in [0.1, 0.15) is 5.82 Å². The highest BCUT2D eigenvalue weighted by molar-refractivity contribution is 5.31. The number of nitrogens with one attached hydrogen (secondary N) is 1. The standard InChI is InChI=1S/C12H9F4N3/c13-10-5-8(4-9(6-10)12(14,15)16)7-19-11-17-2-1-3-18-11/h1-6H,7H2,(H,17,18,19). The first-order valence-electron chi connectivity index (χ1n) is 5.33.